The Bertz CT molecular complexity index is 439. The quantitative estimate of drug-likeness (QED) is 0.382. The average Bonchev–Trinajstić information content (AvgIpc) is 2.27. The Morgan fingerprint density at radius 3 is 2.55 bits per heavy atom. The Morgan fingerprint density at radius 2 is 2.10 bits per heavy atom. The van der Waals surface area contributed by atoms with Gasteiger partial charge in [-0.1, -0.05) is 23.9 Å². The van der Waals surface area contributed by atoms with Gasteiger partial charge in [0.25, 0.3) is 5.09 Å². The maximum atomic E-state index is 8.36. The van der Waals surface area contributed by atoms with E-state index in [4.69, 9.17) is 21.1 Å². The molecule has 3 N–H and O–H groups in total. The van der Waals surface area contributed by atoms with Crippen LogP contribution in [0.2, 0.25) is 0 Å². The normalized spacial score (nSPS) is 10.3. The molecule has 20 heavy (non-hydrogen) atoms. The molecule has 0 saturated carbocycles. The van der Waals surface area contributed by atoms with E-state index in [9.17, 15) is 0 Å². The molecule has 0 fully saturated rings. The molecule has 0 heterocycles. The number of amidine groups is 1. The molecule has 1 aromatic rings. The first-order chi connectivity index (χ1) is 8.85. The molecule has 0 amide bonds. The van der Waals surface area contributed by atoms with E-state index < -0.39 is 5.09 Å². The van der Waals surface area contributed by atoms with Crippen LogP contribution in [-0.4, -0.2) is 40.7 Å². The molecule has 9 heteroatoms. The van der Waals surface area contributed by atoms with Gasteiger partial charge in [-0.05, 0) is 38.0 Å². The lowest BCUT2D eigenvalue weighted by molar-refractivity contribution is -0.742. The molecule has 0 radical (unpaired) electrons. The summed E-state index contributed by atoms with van der Waals surface area (Å²) in [5.41, 5.74) is 7.82. The predicted molar refractivity (Wildman–Crippen MR) is 84.7 cm³/mol. The number of halogens is 1. The minimum absolute atomic E-state index is 0. The molecule has 114 valence electrons. The molecule has 1 rings (SSSR count). The molecule has 1 aromatic carbocycles. The smallest absolute Gasteiger partial charge is 0.291 e. The van der Waals surface area contributed by atoms with Gasteiger partial charge in [0.05, 0.1) is 5.69 Å². The van der Waals surface area contributed by atoms with E-state index >= 15 is 0 Å². The summed E-state index contributed by atoms with van der Waals surface area (Å²) >= 11 is 1.46. The van der Waals surface area contributed by atoms with Gasteiger partial charge < -0.3 is 15.8 Å². The van der Waals surface area contributed by atoms with Gasteiger partial charge in [0.2, 0.25) is 0 Å². The number of thioether (sulfide) groups is 1. The molecule has 0 saturated heterocycles. The van der Waals surface area contributed by atoms with Crippen molar-refractivity contribution in [1.82, 2.24) is 4.90 Å². The average molecular weight is 323 g/mol. The van der Waals surface area contributed by atoms with E-state index in [1.165, 1.54) is 17.3 Å². The zero-order valence-electron chi connectivity index (χ0n) is 11.5. The van der Waals surface area contributed by atoms with Gasteiger partial charge in [-0.25, -0.2) is 4.99 Å². The number of rotatable bonds is 3. The summed E-state index contributed by atoms with van der Waals surface area (Å²) in [4.78, 5) is 14.8. The van der Waals surface area contributed by atoms with Gasteiger partial charge in [0.1, 0.15) is 0 Å². The van der Waals surface area contributed by atoms with Crippen LogP contribution in [0, 0.1) is 10.1 Å². The predicted octanol–water partition coefficient (Wildman–Crippen LogP) is 2.13. The molecular formula is C11H19ClN4O3S. The van der Waals surface area contributed by atoms with Crippen LogP contribution in [0.25, 0.3) is 0 Å². The van der Waals surface area contributed by atoms with Gasteiger partial charge in [-0.2, -0.15) is 0 Å². The van der Waals surface area contributed by atoms with Crippen molar-refractivity contribution in [3.05, 3.63) is 39.9 Å². The van der Waals surface area contributed by atoms with Crippen molar-refractivity contribution >= 4 is 35.0 Å². The summed E-state index contributed by atoms with van der Waals surface area (Å²) in [5.74, 6) is 0. The molecule has 0 unspecified atom stereocenters. The van der Waals surface area contributed by atoms with Gasteiger partial charge in [-0.15, -0.1) is 22.5 Å². The molecule has 0 aliphatic carbocycles. The molecule has 0 atom stereocenters. The fourth-order valence-corrected chi connectivity index (χ4v) is 1.46. The van der Waals surface area contributed by atoms with Gasteiger partial charge >= 0.3 is 0 Å². The lowest BCUT2D eigenvalue weighted by Gasteiger charge is -2.09. The van der Waals surface area contributed by atoms with Crippen LogP contribution in [0.3, 0.4) is 0 Å². The second-order valence-electron chi connectivity index (χ2n) is 3.80. The third kappa shape index (κ3) is 11.6. The van der Waals surface area contributed by atoms with Crippen LogP contribution in [0.4, 0.5) is 5.69 Å². The number of hydrogen-bond donors (Lipinski definition) is 2. The minimum atomic E-state index is -1.50. The van der Waals surface area contributed by atoms with E-state index in [1.54, 1.807) is 0 Å². The Labute approximate surface area is 128 Å². The third-order valence-electron chi connectivity index (χ3n) is 1.86. The maximum absolute atomic E-state index is 8.36. The number of nitrogens with two attached hydrogens (primary N) is 1. The molecule has 0 aliphatic rings. The fraction of sp³-hybridized carbons (Fsp3) is 0.364. The Kier molecular flexibility index (Phi) is 11.8. The van der Waals surface area contributed by atoms with Crippen molar-refractivity contribution in [3.63, 3.8) is 0 Å². The van der Waals surface area contributed by atoms with Crippen molar-refractivity contribution < 1.29 is 10.3 Å². The van der Waals surface area contributed by atoms with E-state index in [0.29, 0.717) is 5.17 Å². The Morgan fingerprint density at radius 1 is 1.55 bits per heavy atom. The lowest BCUT2D eigenvalue weighted by atomic mass is 10.2. The van der Waals surface area contributed by atoms with Gasteiger partial charge in [-0.3, -0.25) is 0 Å². The van der Waals surface area contributed by atoms with E-state index in [0.717, 1.165) is 12.2 Å². The highest BCUT2D eigenvalue weighted by Gasteiger charge is 1.97. The number of hydrogen-bond acceptors (Lipinski definition) is 5. The number of nitrogens with zero attached hydrogens (tertiary/aromatic N) is 3. The van der Waals surface area contributed by atoms with Crippen LogP contribution in [0.15, 0.2) is 29.3 Å². The maximum Gasteiger partial charge on any atom is 0.291 e. The van der Waals surface area contributed by atoms with Gasteiger partial charge in [0.15, 0.2) is 5.17 Å². The molecule has 0 bridgehead atoms. The first kappa shape index (κ1) is 20.8. The van der Waals surface area contributed by atoms with Crippen molar-refractivity contribution in [3.8, 4) is 0 Å². The van der Waals surface area contributed by atoms with Crippen molar-refractivity contribution in [2.24, 2.45) is 10.7 Å². The number of benzene rings is 1. The highest BCUT2D eigenvalue weighted by molar-refractivity contribution is 8.13. The number of aliphatic imine (C=N–C) groups is 1. The summed E-state index contributed by atoms with van der Waals surface area (Å²) in [5, 5.41) is 14.2. The van der Waals surface area contributed by atoms with Crippen molar-refractivity contribution in [2.45, 2.75) is 6.54 Å². The Balaban J connectivity index is 0. The summed E-state index contributed by atoms with van der Waals surface area (Å²) in [6, 6.07) is 8.12. The van der Waals surface area contributed by atoms with Crippen molar-refractivity contribution in [1.29, 1.82) is 0 Å². The Hall–Kier alpha value is -1.51. The fourth-order valence-electron chi connectivity index (χ4n) is 1.26. The highest BCUT2D eigenvalue weighted by Crippen LogP contribution is 2.16. The summed E-state index contributed by atoms with van der Waals surface area (Å²) in [6.07, 6.45) is 1.92. The van der Waals surface area contributed by atoms with E-state index in [-0.39, 0.29) is 12.4 Å². The first-order valence-corrected chi connectivity index (χ1v) is 6.52. The molecule has 7 nitrogen and oxygen atoms in total. The van der Waals surface area contributed by atoms with Crippen molar-refractivity contribution in [2.75, 3.05) is 20.4 Å². The molecule has 0 aliphatic heterocycles. The van der Waals surface area contributed by atoms with Crippen LogP contribution in [0.1, 0.15) is 5.56 Å². The summed E-state index contributed by atoms with van der Waals surface area (Å²) in [6.45, 7) is 0.919. The van der Waals surface area contributed by atoms with Crippen LogP contribution < -0.4 is 5.73 Å². The standard InChI is InChI=1S/C11H17N3S.ClH.HNO3/c1-14(2)8-9-5-4-6-10(7-9)13-11(12)15-3;;2-1(3)4/h4-7H,8H2,1-3H3,(H2,12,13);1H;(H,2,3,4). The second-order valence-corrected chi connectivity index (χ2v) is 4.63. The zero-order chi connectivity index (χ0) is 14.8. The second kappa shape index (κ2) is 11.3. The monoisotopic (exact) mass is 322 g/mol. The summed E-state index contributed by atoms with van der Waals surface area (Å²) in [7, 11) is 4.10. The SMILES string of the molecule is CSC(N)=Nc1cccc(CN(C)C)c1.Cl.O=[N+]([O-])O. The summed E-state index contributed by atoms with van der Waals surface area (Å²) < 4.78 is 0. The topological polar surface area (TPSA) is 105 Å². The van der Waals surface area contributed by atoms with Gasteiger partial charge in [0, 0.05) is 6.54 Å². The molecule has 0 aromatic heterocycles. The van der Waals surface area contributed by atoms with Crippen LogP contribution in [0.5, 0.6) is 0 Å². The minimum Gasteiger partial charge on any atom is -0.378 e. The first-order valence-electron chi connectivity index (χ1n) is 5.30. The molecule has 0 spiro atoms. The van der Waals surface area contributed by atoms with Crippen LogP contribution in [-0.2, 0) is 6.54 Å². The zero-order valence-corrected chi connectivity index (χ0v) is 13.1. The van der Waals surface area contributed by atoms with E-state index in [2.05, 4.69) is 22.0 Å². The largest absolute Gasteiger partial charge is 0.378 e. The van der Waals surface area contributed by atoms with Crippen LogP contribution >= 0.6 is 24.2 Å². The highest BCUT2D eigenvalue weighted by atomic mass is 35.5. The van der Waals surface area contributed by atoms with E-state index in [1.807, 2.05) is 32.5 Å². The molecular weight excluding hydrogens is 304 g/mol. The lowest BCUT2D eigenvalue weighted by Crippen LogP contribution is -2.10. The third-order valence-corrected chi connectivity index (χ3v) is 2.37.